The van der Waals surface area contributed by atoms with Gasteiger partial charge in [-0.05, 0) is 85.8 Å². The Balaban J connectivity index is 1.19. The number of anilines is 1. The Hall–Kier alpha value is -3.85. The number of benzene rings is 3. The number of fused-ring (bicyclic) bond motifs is 6. The number of amides is 2. The Labute approximate surface area is 283 Å². The number of alkyl halides is 1. The molecule has 1 aliphatic heterocycles. The number of hydrogen-bond donors (Lipinski definition) is 0. The van der Waals surface area contributed by atoms with E-state index in [9.17, 15) is 19.2 Å². The maximum Gasteiger partial charge on any atom is 0.339 e. The van der Waals surface area contributed by atoms with Crippen molar-refractivity contribution in [1.82, 2.24) is 4.98 Å². The van der Waals surface area contributed by atoms with E-state index in [1.165, 1.54) is 10.5 Å². The minimum absolute atomic E-state index is 0.110. The predicted octanol–water partition coefficient (Wildman–Crippen LogP) is 8.06. The number of pyridine rings is 1. The van der Waals surface area contributed by atoms with Gasteiger partial charge in [0.25, 0.3) is 0 Å². The summed E-state index contributed by atoms with van der Waals surface area (Å²) in [5, 5.41) is 1.03. The van der Waals surface area contributed by atoms with Crippen LogP contribution in [0.15, 0.2) is 88.9 Å². The lowest BCUT2D eigenvalue weighted by molar-refractivity contribution is -0.123. The first-order chi connectivity index (χ1) is 22.1. The molecule has 3 aromatic carbocycles. The number of ketones is 1. The summed E-state index contributed by atoms with van der Waals surface area (Å²) in [5.74, 6) is -1.55. The van der Waals surface area contributed by atoms with Gasteiger partial charge >= 0.3 is 5.97 Å². The van der Waals surface area contributed by atoms with E-state index in [4.69, 9.17) is 32.9 Å². The van der Waals surface area contributed by atoms with E-state index < -0.39 is 12.1 Å². The molecule has 2 aliphatic carbocycles. The standard InChI is InChI=1S/C36H27BrCl2N2O5/c1-18-14-21-15-25(18)32-31(21)34(43)41(35(32)44)24-9-4-19(5-10-24)29-17-27(26-16-22(37)6-11-28(26)40-29)36(45)46-30(12-13-38)33(42)20-2-7-23(39)8-3-20/h2-11,14,16-17,21,25,30-32H,12-13,15H2,1H3. The largest absolute Gasteiger partial charge is 0.450 e. The monoisotopic (exact) mass is 716 g/mol. The summed E-state index contributed by atoms with van der Waals surface area (Å²) in [6, 6.07) is 20.4. The first-order valence-corrected chi connectivity index (χ1v) is 16.7. The minimum atomic E-state index is -1.10. The second kappa shape index (κ2) is 12.1. The Bertz CT molecular complexity index is 1960. The van der Waals surface area contributed by atoms with Crippen LogP contribution in [0, 0.1) is 23.7 Å². The number of allylic oxidation sites excluding steroid dienone is 2. The fraction of sp³-hybridized carbons (Fsp3) is 0.250. The molecule has 1 saturated heterocycles. The van der Waals surface area contributed by atoms with E-state index >= 15 is 0 Å². The zero-order valence-corrected chi connectivity index (χ0v) is 27.7. The van der Waals surface area contributed by atoms with Crippen molar-refractivity contribution < 1.29 is 23.9 Å². The van der Waals surface area contributed by atoms with E-state index in [2.05, 4.69) is 22.0 Å². The second-order valence-corrected chi connectivity index (χ2v) is 13.7. The maximum absolute atomic E-state index is 13.7. The highest BCUT2D eigenvalue weighted by Crippen LogP contribution is 2.56. The van der Waals surface area contributed by atoms with Crippen LogP contribution >= 0.6 is 39.1 Å². The summed E-state index contributed by atoms with van der Waals surface area (Å²) >= 11 is 15.5. The van der Waals surface area contributed by atoms with Crippen LogP contribution in [0.4, 0.5) is 5.69 Å². The Morgan fingerprint density at radius 1 is 1.00 bits per heavy atom. The van der Waals surface area contributed by atoms with Gasteiger partial charge in [0.15, 0.2) is 6.10 Å². The van der Waals surface area contributed by atoms with Gasteiger partial charge in [-0.1, -0.05) is 51.3 Å². The van der Waals surface area contributed by atoms with Gasteiger partial charge in [-0.3, -0.25) is 19.3 Å². The van der Waals surface area contributed by atoms with Crippen LogP contribution in [0.2, 0.25) is 5.02 Å². The smallest absolute Gasteiger partial charge is 0.339 e. The molecular weight excluding hydrogens is 691 g/mol. The number of esters is 1. The van der Waals surface area contributed by atoms with Crippen LogP contribution in [0.3, 0.4) is 0 Å². The van der Waals surface area contributed by atoms with E-state index in [-0.39, 0.29) is 59.1 Å². The zero-order chi connectivity index (χ0) is 32.3. The normalized spacial score (nSPS) is 22.3. The lowest BCUT2D eigenvalue weighted by Crippen LogP contribution is -2.32. The van der Waals surface area contributed by atoms with Crippen LogP contribution in [0.1, 0.15) is 40.5 Å². The van der Waals surface area contributed by atoms with Gasteiger partial charge in [0.05, 0.1) is 34.3 Å². The number of nitrogens with zero attached hydrogens (tertiary/aromatic N) is 2. The third-order valence-electron chi connectivity index (χ3n) is 9.33. The number of imide groups is 1. The van der Waals surface area contributed by atoms with E-state index in [0.29, 0.717) is 38.4 Å². The highest BCUT2D eigenvalue weighted by molar-refractivity contribution is 9.10. The van der Waals surface area contributed by atoms with Gasteiger partial charge in [-0.15, -0.1) is 11.6 Å². The number of hydrogen-bond acceptors (Lipinski definition) is 6. The Kier molecular flexibility index (Phi) is 8.07. The average molecular weight is 718 g/mol. The molecule has 5 atom stereocenters. The zero-order valence-electron chi connectivity index (χ0n) is 24.6. The molecule has 7 rings (SSSR count). The van der Waals surface area contributed by atoms with Crippen molar-refractivity contribution in [2.24, 2.45) is 23.7 Å². The van der Waals surface area contributed by atoms with Crippen molar-refractivity contribution in [3.8, 4) is 11.3 Å². The molecule has 7 nitrogen and oxygen atoms in total. The lowest BCUT2D eigenvalue weighted by Gasteiger charge is -2.19. The van der Waals surface area contributed by atoms with Crippen molar-refractivity contribution >= 4 is 79.3 Å². The van der Waals surface area contributed by atoms with Crippen LogP contribution in [-0.4, -0.2) is 40.5 Å². The molecule has 5 unspecified atom stereocenters. The number of aromatic nitrogens is 1. The maximum atomic E-state index is 13.7. The molecule has 2 fully saturated rings. The Morgan fingerprint density at radius 3 is 2.43 bits per heavy atom. The third-order valence-corrected chi connectivity index (χ3v) is 10.3. The number of carbonyl (C=O) groups excluding carboxylic acids is 4. The topological polar surface area (TPSA) is 93.6 Å². The molecule has 10 heteroatoms. The molecular formula is C36H27BrCl2N2O5. The van der Waals surface area contributed by atoms with Crippen molar-refractivity contribution in [3.63, 3.8) is 0 Å². The molecule has 0 radical (unpaired) electrons. The number of rotatable bonds is 8. The SMILES string of the molecule is CC1=CC2CC1C1C(=O)N(c3ccc(-c4cc(C(=O)OC(CCCl)C(=O)c5ccc(Cl)cc5)c5cc(Br)ccc5n4)cc3)C(=O)C21. The number of ether oxygens (including phenoxy) is 1. The van der Waals surface area contributed by atoms with Crippen molar-refractivity contribution in [3.05, 3.63) is 105 Å². The summed E-state index contributed by atoms with van der Waals surface area (Å²) < 4.78 is 6.55. The highest BCUT2D eigenvalue weighted by Gasteiger charge is 2.60. The molecule has 4 aromatic rings. The second-order valence-electron chi connectivity index (χ2n) is 12.0. The number of carbonyl (C=O) groups is 4. The lowest BCUT2D eigenvalue weighted by atomic mass is 9.82. The van der Waals surface area contributed by atoms with Crippen LogP contribution in [-0.2, 0) is 14.3 Å². The summed E-state index contributed by atoms with van der Waals surface area (Å²) in [7, 11) is 0. The first-order valence-electron chi connectivity index (χ1n) is 15.0. The van der Waals surface area contributed by atoms with Gasteiger partial charge in [-0.25, -0.2) is 9.78 Å². The summed E-state index contributed by atoms with van der Waals surface area (Å²) in [4.78, 5) is 60.0. The molecule has 232 valence electrons. The average Bonchev–Trinajstić information content (AvgIpc) is 3.69. The van der Waals surface area contributed by atoms with Gasteiger partial charge < -0.3 is 4.74 Å². The summed E-state index contributed by atoms with van der Waals surface area (Å²) in [6.45, 7) is 2.05. The minimum Gasteiger partial charge on any atom is -0.450 e. The van der Waals surface area contributed by atoms with E-state index in [1.54, 1.807) is 66.7 Å². The number of Topliss-reactive ketones (excluding diaryl/α,β-unsaturated/α-hetero) is 1. The summed E-state index contributed by atoms with van der Waals surface area (Å²) in [6.07, 6.45) is 2.06. The quantitative estimate of drug-likeness (QED) is 0.0602. The summed E-state index contributed by atoms with van der Waals surface area (Å²) in [5.41, 5.74) is 4.01. The predicted molar refractivity (Wildman–Crippen MR) is 180 cm³/mol. The molecule has 46 heavy (non-hydrogen) atoms. The molecule has 2 amide bonds. The van der Waals surface area contributed by atoms with Gasteiger partial charge in [0, 0.05) is 38.3 Å². The molecule has 2 bridgehead atoms. The Morgan fingerprint density at radius 2 is 1.72 bits per heavy atom. The molecule has 3 aliphatic rings. The van der Waals surface area contributed by atoms with Crippen molar-refractivity contribution in [2.75, 3.05) is 10.8 Å². The van der Waals surface area contributed by atoms with Crippen LogP contribution in [0.5, 0.6) is 0 Å². The highest BCUT2D eigenvalue weighted by atomic mass is 79.9. The van der Waals surface area contributed by atoms with Crippen LogP contribution in [0.25, 0.3) is 22.2 Å². The molecule has 0 N–H and O–H groups in total. The van der Waals surface area contributed by atoms with Crippen molar-refractivity contribution in [2.45, 2.75) is 25.9 Å². The van der Waals surface area contributed by atoms with E-state index in [0.717, 1.165) is 10.9 Å². The molecule has 0 spiro atoms. The first kappa shape index (κ1) is 30.8. The van der Waals surface area contributed by atoms with Crippen LogP contribution < -0.4 is 4.90 Å². The molecule has 2 heterocycles. The molecule has 1 aromatic heterocycles. The fourth-order valence-corrected chi connectivity index (χ4v) is 7.85. The van der Waals surface area contributed by atoms with Gasteiger partial charge in [0.2, 0.25) is 17.6 Å². The number of halogens is 3. The van der Waals surface area contributed by atoms with Gasteiger partial charge in [-0.2, -0.15) is 0 Å². The molecule has 1 saturated carbocycles. The van der Waals surface area contributed by atoms with Gasteiger partial charge in [0.1, 0.15) is 0 Å². The van der Waals surface area contributed by atoms with E-state index in [1.807, 2.05) is 13.0 Å². The fourth-order valence-electron chi connectivity index (χ4n) is 7.16. The van der Waals surface area contributed by atoms with Crippen molar-refractivity contribution in [1.29, 1.82) is 0 Å². The third kappa shape index (κ3) is 5.26.